The summed E-state index contributed by atoms with van der Waals surface area (Å²) in [5.74, 6) is 1.30. The third-order valence-electron chi connectivity index (χ3n) is 5.70. The lowest BCUT2D eigenvalue weighted by atomic mass is 9.74. The number of halogens is 1. The second-order valence-corrected chi connectivity index (χ2v) is 7.70. The number of fused-ring (bicyclic) bond motifs is 3. The van der Waals surface area contributed by atoms with Gasteiger partial charge in [-0.1, -0.05) is 23.7 Å². The largest absolute Gasteiger partial charge is 0.485 e. The number of aliphatic imine (C=N–C) groups is 1. The van der Waals surface area contributed by atoms with Crippen LogP contribution in [0.2, 0.25) is 5.02 Å². The number of carbonyl (C=O) groups is 1. The number of rotatable bonds is 1. The van der Waals surface area contributed by atoms with Crippen molar-refractivity contribution >= 4 is 29.4 Å². The van der Waals surface area contributed by atoms with E-state index in [4.69, 9.17) is 21.1 Å². The number of benzene rings is 2. The fourth-order valence-electron chi connectivity index (χ4n) is 4.15. The van der Waals surface area contributed by atoms with Crippen LogP contribution in [-0.4, -0.2) is 42.8 Å². The topological polar surface area (TPSA) is 51.1 Å². The van der Waals surface area contributed by atoms with Gasteiger partial charge in [0.15, 0.2) is 11.5 Å². The van der Waals surface area contributed by atoms with Crippen LogP contribution in [0.1, 0.15) is 18.4 Å². The standard InChI is InChI=1S/C21H19ClN2O3/c22-14-5-6-16-15(11-14)21(13-23-16)7-9-24(10-8-21)20(25)19-12-26-17-3-1-2-4-18(17)27-19/h1-6,11,13,19H,7-10,12H2/t19-/m1/s1. The lowest BCUT2D eigenvalue weighted by molar-refractivity contribution is -0.142. The van der Waals surface area contributed by atoms with Gasteiger partial charge in [-0.2, -0.15) is 0 Å². The van der Waals surface area contributed by atoms with Gasteiger partial charge in [-0.05, 0) is 48.7 Å². The fraction of sp³-hybridized carbons (Fsp3) is 0.333. The van der Waals surface area contributed by atoms with E-state index < -0.39 is 6.10 Å². The summed E-state index contributed by atoms with van der Waals surface area (Å²) in [4.78, 5) is 19.4. The van der Waals surface area contributed by atoms with E-state index in [1.165, 1.54) is 5.56 Å². The van der Waals surface area contributed by atoms with E-state index in [2.05, 4.69) is 4.99 Å². The van der Waals surface area contributed by atoms with Crippen LogP contribution in [0.3, 0.4) is 0 Å². The Morgan fingerprint density at radius 1 is 1.15 bits per heavy atom. The Kier molecular flexibility index (Phi) is 3.86. The summed E-state index contributed by atoms with van der Waals surface area (Å²) in [7, 11) is 0. The Bertz CT molecular complexity index is 935. The molecule has 1 spiro atoms. The Labute approximate surface area is 162 Å². The third-order valence-corrected chi connectivity index (χ3v) is 5.93. The summed E-state index contributed by atoms with van der Waals surface area (Å²) in [6.07, 6.45) is 3.11. The first-order chi connectivity index (χ1) is 13.1. The van der Waals surface area contributed by atoms with Crippen molar-refractivity contribution in [3.63, 3.8) is 0 Å². The first-order valence-corrected chi connectivity index (χ1v) is 9.55. The molecule has 1 atom stereocenters. The minimum absolute atomic E-state index is 0.0133. The van der Waals surface area contributed by atoms with Crippen molar-refractivity contribution in [2.45, 2.75) is 24.4 Å². The van der Waals surface area contributed by atoms with Crippen molar-refractivity contribution in [2.24, 2.45) is 4.99 Å². The number of piperidine rings is 1. The zero-order valence-corrected chi connectivity index (χ0v) is 15.5. The molecule has 0 bridgehead atoms. The molecule has 3 heterocycles. The molecule has 0 aromatic heterocycles. The van der Waals surface area contributed by atoms with E-state index in [0.717, 1.165) is 23.6 Å². The van der Waals surface area contributed by atoms with Crippen LogP contribution >= 0.6 is 11.6 Å². The SMILES string of the molecule is O=C([C@H]1COc2ccccc2O1)N1CCC2(C=Nc3ccc(Cl)cc32)CC1. The van der Waals surface area contributed by atoms with E-state index in [0.29, 0.717) is 24.6 Å². The minimum atomic E-state index is -0.590. The van der Waals surface area contributed by atoms with Gasteiger partial charge in [0.05, 0.1) is 5.69 Å². The lowest BCUT2D eigenvalue weighted by Gasteiger charge is -2.39. The average molecular weight is 383 g/mol. The number of nitrogens with zero attached hydrogens (tertiary/aromatic N) is 2. The van der Waals surface area contributed by atoms with Gasteiger partial charge in [0.2, 0.25) is 6.10 Å². The number of hydrogen-bond donors (Lipinski definition) is 0. The van der Waals surface area contributed by atoms with Gasteiger partial charge < -0.3 is 14.4 Å². The molecule has 3 aliphatic heterocycles. The molecule has 6 heteroatoms. The van der Waals surface area contributed by atoms with Gasteiger partial charge in [-0.3, -0.25) is 9.79 Å². The van der Waals surface area contributed by atoms with Gasteiger partial charge in [0, 0.05) is 29.7 Å². The molecular formula is C21H19ClN2O3. The Balaban J connectivity index is 1.29. The van der Waals surface area contributed by atoms with Gasteiger partial charge in [-0.15, -0.1) is 0 Å². The Hall–Kier alpha value is -2.53. The molecule has 0 N–H and O–H groups in total. The molecule has 5 nitrogen and oxygen atoms in total. The van der Waals surface area contributed by atoms with Crippen molar-refractivity contribution < 1.29 is 14.3 Å². The van der Waals surface area contributed by atoms with E-state index in [1.807, 2.05) is 53.6 Å². The minimum Gasteiger partial charge on any atom is -0.485 e. The molecule has 2 aromatic carbocycles. The third kappa shape index (κ3) is 2.77. The summed E-state index contributed by atoms with van der Waals surface area (Å²) in [6, 6.07) is 13.3. The number of ether oxygens (including phenoxy) is 2. The molecule has 2 aromatic rings. The molecular weight excluding hydrogens is 364 g/mol. The summed E-state index contributed by atoms with van der Waals surface area (Å²) in [5, 5.41) is 0.726. The maximum absolute atomic E-state index is 12.9. The van der Waals surface area contributed by atoms with Crippen LogP contribution in [-0.2, 0) is 10.2 Å². The van der Waals surface area contributed by atoms with Crippen molar-refractivity contribution in [3.05, 3.63) is 53.1 Å². The predicted octanol–water partition coefficient (Wildman–Crippen LogP) is 3.76. The van der Waals surface area contributed by atoms with E-state index in [9.17, 15) is 4.79 Å². The monoisotopic (exact) mass is 382 g/mol. The highest BCUT2D eigenvalue weighted by atomic mass is 35.5. The highest BCUT2D eigenvalue weighted by Gasteiger charge is 2.42. The molecule has 27 heavy (non-hydrogen) atoms. The highest BCUT2D eigenvalue weighted by Crippen LogP contribution is 2.44. The first kappa shape index (κ1) is 16.6. The van der Waals surface area contributed by atoms with Gasteiger partial charge in [-0.25, -0.2) is 0 Å². The van der Waals surface area contributed by atoms with E-state index in [1.54, 1.807) is 0 Å². The number of likely N-dealkylation sites (tertiary alicyclic amines) is 1. The van der Waals surface area contributed by atoms with Crippen LogP contribution < -0.4 is 9.47 Å². The number of hydrogen-bond acceptors (Lipinski definition) is 4. The maximum Gasteiger partial charge on any atom is 0.267 e. The zero-order valence-electron chi connectivity index (χ0n) is 14.7. The summed E-state index contributed by atoms with van der Waals surface area (Å²) in [6.45, 7) is 1.58. The molecule has 0 unspecified atom stereocenters. The van der Waals surface area contributed by atoms with E-state index >= 15 is 0 Å². The van der Waals surface area contributed by atoms with Crippen LogP contribution in [0.4, 0.5) is 5.69 Å². The van der Waals surface area contributed by atoms with Gasteiger partial charge in [0.25, 0.3) is 5.91 Å². The average Bonchev–Trinajstić information content (AvgIpc) is 3.05. The number of amides is 1. The molecule has 0 aliphatic carbocycles. The van der Waals surface area contributed by atoms with Crippen molar-refractivity contribution in [1.82, 2.24) is 4.90 Å². The smallest absolute Gasteiger partial charge is 0.267 e. The molecule has 138 valence electrons. The maximum atomic E-state index is 12.9. The number of carbonyl (C=O) groups excluding carboxylic acids is 1. The van der Waals surface area contributed by atoms with Gasteiger partial charge in [0.1, 0.15) is 6.61 Å². The molecule has 5 rings (SSSR count). The Morgan fingerprint density at radius 3 is 2.74 bits per heavy atom. The summed E-state index contributed by atoms with van der Waals surface area (Å²) >= 11 is 6.20. The first-order valence-electron chi connectivity index (χ1n) is 9.17. The molecule has 1 amide bonds. The van der Waals surface area contributed by atoms with Crippen molar-refractivity contribution in [3.8, 4) is 11.5 Å². The normalized spacial score (nSPS) is 22.0. The Morgan fingerprint density at radius 2 is 1.93 bits per heavy atom. The number of para-hydroxylation sites is 2. The van der Waals surface area contributed by atoms with Crippen molar-refractivity contribution in [1.29, 1.82) is 0 Å². The van der Waals surface area contributed by atoms with Crippen LogP contribution in [0, 0.1) is 0 Å². The second kappa shape index (κ2) is 6.27. The van der Waals surface area contributed by atoms with Crippen LogP contribution in [0.25, 0.3) is 0 Å². The fourth-order valence-corrected chi connectivity index (χ4v) is 4.32. The zero-order chi connectivity index (χ0) is 18.4. The second-order valence-electron chi connectivity index (χ2n) is 7.27. The molecule has 1 fully saturated rings. The highest BCUT2D eigenvalue weighted by molar-refractivity contribution is 6.30. The lowest BCUT2D eigenvalue weighted by Crippen LogP contribution is -2.51. The molecule has 0 saturated carbocycles. The van der Waals surface area contributed by atoms with E-state index in [-0.39, 0.29) is 17.9 Å². The van der Waals surface area contributed by atoms with Crippen LogP contribution in [0.15, 0.2) is 47.5 Å². The molecule has 3 aliphatic rings. The molecule has 0 radical (unpaired) electrons. The van der Waals surface area contributed by atoms with Crippen LogP contribution in [0.5, 0.6) is 11.5 Å². The van der Waals surface area contributed by atoms with Gasteiger partial charge >= 0.3 is 0 Å². The predicted molar refractivity (Wildman–Crippen MR) is 103 cm³/mol. The summed E-state index contributed by atoms with van der Waals surface area (Å²) in [5.41, 5.74) is 2.04. The quantitative estimate of drug-likeness (QED) is 0.754. The molecule has 1 saturated heterocycles. The van der Waals surface area contributed by atoms with Crippen molar-refractivity contribution in [2.75, 3.05) is 19.7 Å². The summed E-state index contributed by atoms with van der Waals surface area (Å²) < 4.78 is 11.6.